The van der Waals surface area contributed by atoms with Gasteiger partial charge in [0.15, 0.2) is 0 Å². The zero-order valence-electron chi connectivity index (χ0n) is 22.3. The predicted molar refractivity (Wildman–Crippen MR) is 159 cm³/mol. The molecule has 0 aliphatic carbocycles. The van der Waals surface area contributed by atoms with E-state index in [0.29, 0.717) is 6.61 Å². The number of carbonyl (C=O) groups excluding carboxylic acids is 2. The van der Waals surface area contributed by atoms with E-state index < -0.39 is 18.0 Å². The Hall–Kier alpha value is -5.37. The fraction of sp³-hybridized carbons (Fsp3) is 0.121. The number of benzene rings is 4. The van der Waals surface area contributed by atoms with E-state index >= 15 is 0 Å². The molecule has 5 rings (SSSR count). The smallest absolute Gasteiger partial charge is 0.408 e. The van der Waals surface area contributed by atoms with Gasteiger partial charge in [0.25, 0.3) is 5.91 Å². The number of alkyl carbamates (subject to hydrolysis) is 1. The number of aromatic nitrogens is 1. The molecule has 1 heterocycles. The van der Waals surface area contributed by atoms with E-state index in [2.05, 4.69) is 20.8 Å². The molecule has 3 N–H and O–H groups in total. The van der Waals surface area contributed by atoms with Crippen LogP contribution in [0.5, 0.6) is 5.75 Å². The van der Waals surface area contributed by atoms with Crippen LogP contribution in [0.15, 0.2) is 120 Å². The van der Waals surface area contributed by atoms with Crippen LogP contribution >= 0.6 is 0 Å². The standard InChI is InChI=1S/C33H30N4O4/c38-32(37-35-20-24-15-17-28(18-16-24)40-22-25-9-3-1-4-10-25)31(19-27-21-34-30-14-8-7-13-29(27)30)36-33(39)41-23-26-11-5-2-6-12-26/h1-18,20-21,31,34H,19,22-23H2,(H,36,39)(H,37,38)/b35-20-/t31-/m0/s1. The van der Waals surface area contributed by atoms with E-state index in [1.54, 1.807) is 0 Å². The summed E-state index contributed by atoms with van der Waals surface area (Å²) in [5.74, 6) is 0.262. The summed E-state index contributed by atoms with van der Waals surface area (Å²) < 4.78 is 11.2. The van der Waals surface area contributed by atoms with Crippen LogP contribution < -0.4 is 15.5 Å². The monoisotopic (exact) mass is 546 g/mol. The molecule has 4 aromatic carbocycles. The SMILES string of the molecule is O=C(N[C@@H](Cc1c[nH]c2ccccc12)C(=O)N/N=C\c1ccc(OCc2ccccc2)cc1)OCc1ccccc1. The molecule has 0 aliphatic rings. The van der Waals surface area contributed by atoms with Crippen LogP contribution in [0.3, 0.4) is 0 Å². The number of fused-ring (bicyclic) bond motifs is 1. The Morgan fingerprint density at radius 2 is 1.46 bits per heavy atom. The fourth-order valence-electron chi connectivity index (χ4n) is 4.28. The minimum Gasteiger partial charge on any atom is -0.489 e. The fourth-order valence-corrected chi connectivity index (χ4v) is 4.28. The molecule has 1 atom stereocenters. The lowest BCUT2D eigenvalue weighted by Crippen LogP contribution is -2.47. The molecule has 5 aromatic rings. The van der Waals surface area contributed by atoms with Crippen LogP contribution in [0.25, 0.3) is 10.9 Å². The van der Waals surface area contributed by atoms with E-state index in [1.807, 2.05) is 115 Å². The molecule has 0 bridgehead atoms. The number of carbonyl (C=O) groups is 2. The van der Waals surface area contributed by atoms with Crippen LogP contribution in [0.2, 0.25) is 0 Å². The zero-order chi connectivity index (χ0) is 28.3. The number of nitrogens with one attached hydrogen (secondary N) is 3. The lowest BCUT2D eigenvalue weighted by molar-refractivity contribution is -0.123. The second-order valence-corrected chi connectivity index (χ2v) is 9.40. The summed E-state index contributed by atoms with van der Waals surface area (Å²) in [5, 5.41) is 7.78. The number of amides is 2. The molecule has 41 heavy (non-hydrogen) atoms. The molecule has 8 nitrogen and oxygen atoms in total. The number of hydrogen-bond donors (Lipinski definition) is 3. The third-order valence-corrected chi connectivity index (χ3v) is 6.44. The Kier molecular flexibility index (Phi) is 9.04. The van der Waals surface area contributed by atoms with Gasteiger partial charge in [-0.2, -0.15) is 5.10 Å². The van der Waals surface area contributed by atoms with E-state index in [0.717, 1.165) is 38.9 Å². The van der Waals surface area contributed by atoms with Crippen molar-refractivity contribution in [2.45, 2.75) is 25.7 Å². The van der Waals surface area contributed by atoms with E-state index in [4.69, 9.17) is 9.47 Å². The lowest BCUT2D eigenvalue weighted by Gasteiger charge is -2.17. The largest absolute Gasteiger partial charge is 0.489 e. The van der Waals surface area contributed by atoms with E-state index in [1.165, 1.54) is 6.21 Å². The number of H-pyrrole nitrogens is 1. The van der Waals surface area contributed by atoms with Crippen molar-refractivity contribution in [3.63, 3.8) is 0 Å². The highest BCUT2D eigenvalue weighted by Gasteiger charge is 2.23. The molecule has 1 aromatic heterocycles. The van der Waals surface area contributed by atoms with Crippen molar-refractivity contribution in [3.05, 3.63) is 138 Å². The van der Waals surface area contributed by atoms with Gasteiger partial charge in [-0.15, -0.1) is 0 Å². The van der Waals surface area contributed by atoms with Crippen LogP contribution in [-0.2, 0) is 29.2 Å². The molecular weight excluding hydrogens is 516 g/mol. The summed E-state index contributed by atoms with van der Waals surface area (Å²) >= 11 is 0. The predicted octanol–water partition coefficient (Wildman–Crippen LogP) is 5.73. The van der Waals surface area contributed by atoms with Gasteiger partial charge >= 0.3 is 6.09 Å². The number of nitrogens with zero attached hydrogens (tertiary/aromatic N) is 1. The number of hydrogen-bond acceptors (Lipinski definition) is 5. The normalized spacial score (nSPS) is 11.7. The molecule has 0 unspecified atom stereocenters. The molecule has 0 fully saturated rings. The first-order chi connectivity index (χ1) is 20.1. The Morgan fingerprint density at radius 3 is 2.20 bits per heavy atom. The number of aromatic amines is 1. The van der Waals surface area contributed by atoms with Gasteiger partial charge in [0.05, 0.1) is 6.21 Å². The summed E-state index contributed by atoms with van der Waals surface area (Å²) in [5.41, 5.74) is 7.10. The van der Waals surface area contributed by atoms with Crippen LogP contribution in [-0.4, -0.2) is 29.2 Å². The molecule has 0 aliphatic heterocycles. The third-order valence-electron chi connectivity index (χ3n) is 6.44. The summed E-state index contributed by atoms with van der Waals surface area (Å²) in [6.07, 6.45) is 2.94. The van der Waals surface area contributed by atoms with Crippen LogP contribution in [0, 0.1) is 0 Å². The average molecular weight is 547 g/mol. The first-order valence-electron chi connectivity index (χ1n) is 13.3. The first kappa shape index (κ1) is 27.2. The second-order valence-electron chi connectivity index (χ2n) is 9.40. The van der Waals surface area contributed by atoms with Gasteiger partial charge in [0.1, 0.15) is 25.0 Å². The molecule has 206 valence electrons. The van der Waals surface area contributed by atoms with E-state index in [9.17, 15) is 9.59 Å². The Morgan fingerprint density at radius 1 is 0.805 bits per heavy atom. The van der Waals surface area contributed by atoms with Crippen molar-refractivity contribution in [2.75, 3.05) is 0 Å². The molecule has 2 amide bonds. The lowest BCUT2D eigenvalue weighted by atomic mass is 10.0. The number of ether oxygens (including phenoxy) is 2. The Bertz CT molecular complexity index is 1600. The summed E-state index contributed by atoms with van der Waals surface area (Å²) in [4.78, 5) is 29.0. The highest BCUT2D eigenvalue weighted by atomic mass is 16.5. The maximum Gasteiger partial charge on any atom is 0.408 e. The van der Waals surface area contributed by atoms with Crippen molar-refractivity contribution in [2.24, 2.45) is 5.10 Å². The number of rotatable bonds is 11. The maximum atomic E-state index is 13.2. The van der Waals surface area contributed by atoms with Crippen molar-refractivity contribution in [3.8, 4) is 5.75 Å². The quantitative estimate of drug-likeness (QED) is 0.145. The van der Waals surface area contributed by atoms with Crippen molar-refractivity contribution < 1.29 is 19.1 Å². The van der Waals surface area contributed by atoms with Gasteiger partial charge in [-0.3, -0.25) is 4.79 Å². The van der Waals surface area contributed by atoms with Crippen molar-refractivity contribution in [1.82, 2.24) is 15.7 Å². The molecule has 0 spiro atoms. The number of para-hydroxylation sites is 1. The third kappa shape index (κ3) is 7.83. The summed E-state index contributed by atoms with van der Waals surface area (Å²) in [6.45, 7) is 0.570. The zero-order valence-corrected chi connectivity index (χ0v) is 22.3. The molecule has 0 saturated heterocycles. The minimum atomic E-state index is -0.914. The first-order valence-corrected chi connectivity index (χ1v) is 13.3. The average Bonchev–Trinajstić information content (AvgIpc) is 3.43. The van der Waals surface area contributed by atoms with Gasteiger partial charge in [-0.05, 0) is 52.6 Å². The number of hydrazone groups is 1. The maximum absolute atomic E-state index is 13.2. The molecular formula is C33H30N4O4. The second kappa shape index (κ2) is 13.6. The summed E-state index contributed by atoms with van der Waals surface area (Å²) in [7, 11) is 0. The van der Waals surface area contributed by atoms with Crippen molar-refractivity contribution >= 4 is 29.1 Å². The molecule has 0 radical (unpaired) electrons. The van der Waals surface area contributed by atoms with Gasteiger partial charge in [-0.1, -0.05) is 78.9 Å². The van der Waals surface area contributed by atoms with Crippen molar-refractivity contribution in [1.29, 1.82) is 0 Å². The van der Waals surface area contributed by atoms with Gasteiger partial charge in [0.2, 0.25) is 0 Å². The highest BCUT2D eigenvalue weighted by molar-refractivity contribution is 5.89. The Labute approximate surface area is 238 Å². The molecule has 0 saturated carbocycles. The van der Waals surface area contributed by atoms with Gasteiger partial charge < -0.3 is 19.8 Å². The van der Waals surface area contributed by atoms with Crippen LogP contribution in [0.1, 0.15) is 22.3 Å². The van der Waals surface area contributed by atoms with Gasteiger partial charge in [0, 0.05) is 23.5 Å². The highest BCUT2D eigenvalue weighted by Crippen LogP contribution is 2.19. The van der Waals surface area contributed by atoms with Crippen LogP contribution in [0.4, 0.5) is 4.79 Å². The topological polar surface area (TPSA) is 105 Å². The Balaban J connectivity index is 1.20. The van der Waals surface area contributed by atoms with E-state index in [-0.39, 0.29) is 13.0 Å². The summed E-state index contributed by atoms with van der Waals surface area (Å²) in [6, 6.07) is 33.5. The minimum absolute atomic E-state index is 0.0946. The van der Waals surface area contributed by atoms with Gasteiger partial charge in [-0.25, -0.2) is 10.2 Å². The molecule has 8 heteroatoms.